The Hall–Kier alpha value is 0.820. The molecule has 2 nitrogen and oxygen atoms in total. The van der Waals surface area contributed by atoms with Gasteiger partial charge in [0.15, 0.2) is 13.6 Å². The number of halogens is 3. The summed E-state index contributed by atoms with van der Waals surface area (Å²) in [5.41, 5.74) is 0. The number of sulfone groups is 1. The van der Waals surface area contributed by atoms with Gasteiger partial charge in [0.05, 0.1) is 11.0 Å². The maximum atomic E-state index is 11.5. The quantitative estimate of drug-likeness (QED) is 0.683. The Kier molecular flexibility index (Phi) is 3.44. The zero-order valence-corrected chi connectivity index (χ0v) is 10.2. The van der Waals surface area contributed by atoms with Gasteiger partial charge in [-0.3, -0.25) is 0 Å². The van der Waals surface area contributed by atoms with E-state index >= 15 is 0 Å². The molecule has 6 heteroatoms. The highest BCUT2D eigenvalue weighted by atomic mass is 35.6. The Morgan fingerprint density at radius 1 is 1.38 bits per heavy atom. The van der Waals surface area contributed by atoms with E-state index in [9.17, 15) is 8.42 Å². The van der Waals surface area contributed by atoms with Gasteiger partial charge in [-0.2, -0.15) is 0 Å². The van der Waals surface area contributed by atoms with Crippen LogP contribution in [0, 0.1) is 5.92 Å². The molecule has 1 aliphatic rings. The fourth-order valence-electron chi connectivity index (χ4n) is 1.66. The van der Waals surface area contributed by atoms with Gasteiger partial charge in [0, 0.05) is 6.42 Å². The molecule has 0 aliphatic carbocycles. The van der Waals surface area contributed by atoms with Crippen LogP contribution in [0.5, 0.6) is 0 Å². The summed E-state index contributed by atoms with van der Waals surface area (Å²) in [5.74, 6) is 0.403. The van der Waals surface area contributed by atoms with E-state index in [1.165, 1.54) is 0 Å². The maximum Gasteiger partial charge on any atom is 0.191 e. The Morgan fingerprint density at radius 3 is 2.23 bits per heavy atom. The Bertz CT molecular complexity index is 281. The van der Waals surface area contributed by atoms with Crippen molar-refractivity contribution < 1.29 is 8.42 Å². The highest BCUT2D eigenvalue weighted by Gasteiger charge is 2.40. The van der Waals surface area contributed by atoms with E-state index in [1.807, 2.05) is 6.92 Å². The van der Waals surface area contributed by atoms with Crippen LogP contribution in [-0.4, -0.2) is 23.2 Å². The molecule has 0 bridgehead atoms. The van der Waals surface area contributed by atoms with Crippen LogP contribution in [0.2, 0.25) is 0 Å². The van der Waals surface area contributed by atoms with Gasteiger partial charge in [0.25, 0.3) is 0 Å². The molecule has 0 aromatic heterocycles. The molecule has 0 aromatic rings. The van der Waals surface area contributed by atoms with Crippen LogP contribution >= 0.6 is 34.8 Å². The lowest BCUT2D eigenvalue weighted by molar-refractivity contribution is 0.573. The number of alkyl halides is 3. The molecule has 0 N–H and O–H groups in total. The third kappa shape index (κ3) is 3.46. The van der Waals surface area contributed by atoms with Crippen molar-refractivity contribution in [3.63, 3.8) is 0 Å². The molecule has 1 aliphatic heterocycles. The van der Waals surface area contributed by atoms with E-state index in [1.54, 1.807) is 0 Å². The number of hydrogen-bond donors (Lipinski definition) is 0. The van der Waals surface area contributed by atoms with E-state index < -0.39 is 18.9 Å². The highest BCUT2D eigenvalue weighted by molar-refractivity contribution is 7.92. The van der Waals surface area contributed by atoms with E-state index in [4.69, 9.17) is 34.8 Å². The predicted octanol–water partition coefficient (Wildman–Crippen LogP) is 2.57. The van der Waals surface area contributed by atoms with Crippen LogP contribution in [0.1, 0.15) is 19.8 Å². The van der Waals surface area contributed by atoms with Gasteiger partial charge in [-0.1, -0.05) is 41.7 Å². The van der Waals surface area contributed by atoms with Gasteiger partial charge in [-0.05, 0) is 12.3 Å². The first-order valence-electron chi connectivity index (χ1n) is 3.99. The van der Waals surface area contributed by atoms with Crippen LogP contribution in [0.4, 0.5) is 0 Å². The molecule has 0 saturated carbocycles. The minimum atomic E-state index is -3.02. The second kappa shape index (κ2) is 3.76. The Labute approximate surface area is 93.5 Å². The van der Waals surface area contributed by atoms with Crippen molar-refractivity contribution in [3.05, 3.63) is 0 Å². The normalized spacial score (nSPS) is 33.5. The summed E-state index contributed by atoms with van der Waals surface area (Å²) in [4.78, 5) is 0. The van der Waals surface area contributed by atoms with Crippen LogP contribution in [0.15, 0.2) is 0 Å². The summed E-state index contributed by atoms with van der Waals surface area (Å²) in [7, 11) is -3.02. The van der Waals surface area contributed by atoms with Crippen molar-refractivity contribution >= 4 is 44.6 Å². The number of rotatable bonds is 1. The monoisotopic (exact) mass is 264 g/mol. The minimum absolute atomic E-state index is 0.102. The molecule has 1 heterocycles. The van der Waals surface area contributed by atoms with E-state index in [-0.39, 0.29) is 18.1 Å². The van der Waals surface area contributed by atoms with Crippen molar-refractivity contribution in [2.24, 2.45) is 5.92 Å². The smallest absolute Gasteiger partial charge is 0.191 e. The second-order valence-corrected chi connectivity index (χ2v) is 8.45. The molecule has 1 fully saturated rings. The van der Waals surface area contributed by atoms with Gasteiger partial charge in [0.2, 0.25) is 0 Å². The van der Waals surface area contributed by atoms with E-state index in [0.29, 0.717) is 6.42 Å². The second-order valence-electron chi connectivity index (χ2n) is 3.61. The van der Waals surface area contributed by atoms with Crippen molar-refractivity contribution in [2.45, 2.75) is 28.8 Å². The minimum Gasteiger partial charge on any atom is -0.229 e. The van der Waals surface area contributed by atoms with E-state index in [2.05, 4.69) is 0 Å². The molecule has 0 unspecified atom stereocenters. The van der Waals surface area contributed by atoms with Crippen molar-refractivity contribution in [3.8, 4) is 0 Å². The zero-order valence-electron chi connectivity index (χ0n) is 7.13. The first-order valence-corrected chi connectivity index (χ1v) is 6.84. The van der Waals surface area contributed by atoms with Crippen molar-refractivity contribution in [1.29, 1.82) is 0 Å². The summed E-state index contributed by atoms with van der Waals surface area (Å²) in [6.07, 6.45) is 0.709. The first kappa shape index (κ1) is 11.9. The molecule has 1 saturated heterocycles. The molecule has 0 radical (unpaired) electrons. The fourth-order valence-corrected chi connectivity index (χ4v) is 4.82. The summed E-state index contributed by atoms with van der Waals surface area (Å²) in [5, 5.41) is -0.477. The summed E-state index contributed by atoms with van der Waals surface area (Å²) >= 11 is 16.7. The molecule has 78 valence electrons. The van der Waals surface area contributed by atoms with Gasteiger partial charge in [0.1, 0.15) is 0 Å². The lowest BCUT2D eigenvalue weighted by Gasteiger charge is -2.15. The summed E-state index contributed by atoms with van der Waals surface area (Å²) in [6.45, 7) is 1.90. The highest BCUT2D eigenvalue weighted by Crippen LogP contribution is 2.38. The summed E-state index contributed by atoms with van der Waals surface area (Å²) in [6, 6.07) is 0. The van der Waals surface area contributed by atoms with Crippen LogP contribution in [0.25, 0.3) is 0 Å². The SMILES string of the molecule is C[C@H]1C[C@H](CC(Cl)(Cl)Cl)S(=O)(=O)C1. The van der Waals surface area contributed by atoms with Crippen LogP contribution in [0.3, 0.4) is 0 Å². The molecule has 2 atom stereocenters. The lowest BCUT2D eigenvalue weighted by atomic mass is 10.1. The standard InChI is InChI=1S/C7H11Cl3O2S/c1-5-2-6(3-7(8,9)10)13(11,12)4-5/h5-6H,2-4H2,1H3/t5-,6+/m0/s1. The largest absolute Gasteiger partial charge is 0.229 e. The molecule has 13 heavy (non-hydrogen) atoms. The topological polar surface area (TPSA) is 34.1 Å². The zero-order chi connectivity index (χ0) is 10.3. The van der Waals surface area contributed by atoms with Gasteiger partial charge in [-0.15, -0.1) is 0 Å². The predicted molar refractivity (Wildman–Crippen MR) is 56.3 cm³/mol. The third-order valence-electron chi connectivity index (χ3n) is 2.15. The Balaban J connectivity index is 2.72. The molecule has 0 amide bonds. The molecule has 1 rings (SSSR count). The summed E-state index contributed by atoms with van der Waals surface area (Å²) < 4.78 is 21.5. The van der Waals surface area contributed by atoms with Gasteiger partial charge in [-0.25, -0.2) is 8.42 Å². The number of hydrogen-bond acceptors (Lipinski definition) is 2. The van der Waals surface area contributed by atoms with Crippen molar-refractivity contribution in [2.75, 3.05) is 5.75 Å². The van der Waals surface area contributed by atoms with Crippen molar-refractivity contribution in [1.82, 2.24) is 0 Å². The average molecular weight is 266 g/mol. The lowest BCUT2D eigenvalue weighted by Crippen LogP contribution is -2.22. The van der Waals surface area contributed by atoms with E-state index in [0.717, 1.165) is 0 Å². The Morgan fingerprint density at radius 2 is 1.92 bits per heavy atom. The molecular formula is C7H11Cl3O2S. The molecular weight excluding hydrogens is 255 g/mol. The first-order chi connectivity index (χ1) is 5.71. The third-order valence-corrected chi connectivity index (χ3v) is 5.02. The maximum absolute atomic E-state index is 11.5. The van der Waals surface area contributed by atoms with Gasteiger partial charge < -0.3 is 0 Å². The average Bonchev–Trinajstić information content (AvgIpc) is 2.00. The fraction of sp³-hybridized carbons (Fsp3) is 1.00. The molecule has 0 spiro atoms. The van der Waals surface area contributed by atoms with Gasteiger partial charge >= 0.3 is 0 Å². The van der Waals surface area contributed by atoms with Crippen LogP contribution < -0.4 is 0 Å². The van der Waals surface area contributed by atoms with Crippen LogP contribution in [-0.2, 0) is 9.84 Å². The molecule has 0 aromatic carbocycles.